The Morgan fingerprint density at radius 3 is 2.79 bits per heavy atom. The first kappa shape index (κ1) is 11.3. The molecular weight excluding hydrogens is 207 g/mol. The van der Waals surface area contributed by atoms with Crippen LogP contribution in [0, 0.1) is 0 Å². The Kier molecular flexibility index (Phi) is 3.74. The molecule has 7 heteroatoms. The van der Waals surface area contributed by atoms with Gasteiger partial charge in [-0.05, 0) is 6.07 Å². The zero-order valence-electron chi connectivity index (χ0n) is 7.70. The molecule has 0 saturated heterocycles. The van der Waals surface area contributed by atoms with E-state index in [4.69, 9.17) is 20.0 Å². The third-order valence-electron chi connectivity index (χ3n) is 1.58. The minimum atomic E-state index is -3.69. The van der Waals surface area contributed by atoms with Crippen molar-refractivity contribution < 1.29 is 23.4 Å². The fourth-order valence-corrected chi connectivity index (χ4v) is 1.18. The fourth-order valence-electron chi connectivity index (χ4n) is 0.797. The summed E-state index contributed by atoms with van der Waals surface area (Å²) < 4.78 is 10.6. The molecule has 1 heterocycles. The summed E-state index contributed by atoms with van der Waals surface area (Å²) in [5, 5.41) is 0. The first-order chi connectivity index (χ1) is 6.55. The predicted octanol–water partition coefficient (Wildman–Crippen LogP) is -0.161. The standard InChI is InChI=1S/C7H12N2O4P/c1-12-14(10,11)13-6-9-5-3-2-4-7(9)8/h2-5,8,10-11H,6H2,1H3/q+1/p+1. The number of hydrogen-bond donors (Lipinski definition) is 3. The maximum absolute atomic E-state index is 9.04. The fraction of sp³-hybridized carbons (Fsp3) is 0.286. The summed E-state index contributed by atoms with van der Waals surface area (Å²) in [6.45, 7) is -0.0682. The van der Waals surface area contributed by atoms with Gasteiger partial charge in [-0.15, -0.1) is 4.52 Å². The molecule has 4 N–H and O–H groups in total. The largest absolute Gasteiger partial charge is 0.573 e. The number of nitrogen functional groups attached to an aromatic ring is 1. The number of hydrogen-bond acceptors (Lipinski definition) is 5. The number of rotatable bonds is 4. The molecule has 0 bridgehead atoms. The molecule has 78 valence electrons. The lowest BCUT2D eigenvalue weighted by atomic mass is 10.4. The van der Waals surface area contributed by atoms with Crippen molar-refractivity contribution in [3.05, 3.63) is 24.4 Å². The molecule has 0 atom stereocenters. The van der Waals surface area contributed by atoms with Crippen molar-refractivity contribution in [1.82, 2.24) is 0 Å². The summed E-state index contributed by atoms with van der Waals surface area (Å²) in [6.07, 6.45) is 1.66. The number of nitrogens with zero attached hydrogens (tertiary/aromatic N) is 1. The number of anilines is 1. The van der Waals surface area contributed by atoms with Crippen LogP contribution in [0.1, 0.15) is 0 Å². The second kappa shape index (κ2) is 4.63. The lowest BCUT2D eigenvalue weighted by Crippen LogP contribution is -2.37. The molecule has 1 aromatic heterocycles. The van der Waals surface area contributed by atoms with Crippen LogP contribution in [0.2, 0.25) is 0 Å². The van der Waals surface area contributed by atoms with Crippen molar-refractivity contribution in [2.45, 2.75) is 6.73 Å². The second-order valence-electron chi connectivity index (χ2n) is 2.53. The first-order valence-corrected chi connectivity index (χ1v) is 5.37. The number of pyridine rings is 1. The van der Waals surface area contributed by atoms with Gasteiger partial charge in [0.05, 0.1) is 13.3 Å². The van der Waals surface area contributed by atoms with Crippen molar-refractivity contribution in [2.24, 2.45) is 0 Å². The van der Waals surface area contributed by atoms with E-state index < -0.39 is 8.17 Å². The molecule has 1 rings (SSSR count). The van der Waals surface area contributed by atoms with Crippen molar-refractivity contribution in [3.8, 4) is 0 Å². The minimum Gasteiger partial charge on any atom is -0.287 e. The van der Waals surface area contributed by atoms with E-state index in [2.05, 4.69) is 4.52 Å². The van der Waals surface area contributed by atoms with Crippen LogP contribution < -0.4 is 10.3 Å². The van der Waals surface area contributed by atoms with Crippen LogP contribution in [0.15, 0.2) is 24.4 Å². The maximum atomic E-state index is 9.04. The lowest BCUT2D eigenvalue weighted by Gasteiger charge is -2.06. The highest BCUT2D eigenvalue weighted by Gasteiger charge is 2.38. The second-order valence-corrected chi connectivity index (χ2v) is 4.13. The van der Waals surface area contributed by atoms with Crippen molar-refractivity contribution in [3.63, 3.8) is 0 Å². The Morgan fingerprint density at radius 1 is 1.50 bits per heavy atom. The van der Waals surface area contributed by atoms with Gasteiger partial charge in [0.15, 0.2) is 0 Å². The Balaban J connectivity index is 2.58. The molecule has 14 heavy (non-hydrogen) atoms. The smallest absolute Gasteiger partial charge is 0.287 e. The first-order valence-electron chi connectivity index (χ1n) is 3.84. The average Bonchev–Trinajstić information content (AvgIpc) is 2.17. The van der Waals surface area contributed by atoms with Crippen LogP contribution in [-0.4, -0.2) is 16.9 Å². The topological polar surface area (TPSA) is 88.8 Å². The molecule has 0 unspecified atom stereocenters. The molecule has 0 amide bonds. The molecule has 0 spiro atoms. The van der Waals surface area contributed by atoms with E-state index in [0.29, 0.717) is 5.82 Å². The predicted molar refractivity (Wildman–Crippen MR) is 50.5 cm³/mol. The lowest BCUT2D eigenvalue weighted by molar-refractivity contribution is -0.712. The highest BCUT2D eigenvalue weighted by atomic mass is 31.2. The van der Waals surface area contributed by atoms with Gasteiger partial charge in [0.2, 0.25) is 6.73 Å². The summed E-state index contributed by atoms with van der Waals surface area (Å²) in [5.74, 6) is 0.462. The summed E-state index contributed by atoms with van der Waals surface area (Å²) in [4.78, 5) is 18.1. The van der Waals surface area contributed by atoms with Gasteiger partial charge in [-0.25, -0.2) is 4.57 Å². The number of nitrogens with two attached hydrogens (primary N) is 1. The molecule has 0 aliphatic carbocycles. The van der Waals surface area contributed by atoms with E-state index >= 15 is 0 Å². The number of aromatic nitrogens is 1. The van der Waals surface area contributed by atoms with Gasteiger partial charge in [-0.2, -0.15) is 14.3 Å². The molecule has 0 fully saturated rings. The van der Waals surface area contributed by atoms with Gasteiger partial charge in [0, 0.05) is 6.07 Å². The molecule has 0 aliphatic heterocycles. The van der Waals surface area contributed by atoms with Crippen LogP contribution in [-0.2, 0) is 15.8 Å². The summed E-state index contributed by atoms with van der Waals surface area (Å²) in [6, 6.07) is 5.19. The normalized spacial score (nSPS) is 11.6. The van der Waals surface area contributed by atoms with Gasteiger partial charge >= 0.3 is 8.17 Å². The van der Waals surface area contributed by atoms with Gasteiger partial charge in [-0.1, -0.05) is 6.07 Å². The monoisotopic (exact) mass is 220 g/mol. The molecule has 0 aromatic carbocycles. The van der Waals surface area contributed by atoms with E-state index in [0.717, 1.165) is 7.11 Å². The molecule has 1 aromatic rings. The third kappa shape index (κ3) is 3.17. The van der Waals surface area contributed by atoms with Crippen LogP contribution in [0.3, 0.4) is 0 Å². The Labute approximate surface area is 82.2 Å². The minimum absolute atomic E-state index is 0.0682. The third-order valence-corrected chi connectivity index (χ3v) is 2.51. The van der Waals surface area contributed by atoms with Crippen LogP contribution in [0.5, 0.6) is 0 Å². The molecule has 0 radical (unpaired) electrons. The highest BCUT2D eigenvalue weighted by molar-refractivity contribution is 7.54. The van der Waals surface area contributed by atoms with Gasteiger partial charge in [0.25, 0.3) is 5.82 Å². The van der Waals surface area contributed by atoms with Crippen molar-refractivity contribution >= 4 is 14.0 Å². The molecule has 0 aliphatic rings. The van der Waals surface area contributed by atoms with Gasteiger partial charge in [0.1, 0.15) is 0 Å². The van der Waals surface area contributed by atoms with E-state index in [1.165, 1.54) is 4.57 Å². The summed E-state index contributed by atoms with van der Waals surface area (Å²) in [5.41, 5.74) is 5.58. The summed E-state index contributed by atoms with van der Waals surface area (Å²) in [7, 11) is -2.53. The van der Waals surface area contributed by atoms with Gasteiger partial charge in [-0.3, -0.25) is 5.73 Å². The molecule has 0 saturated carbocycles. The molecule has 6 nitrogen and oxygen atoms in total. The summed E-state index contributed by atoms with van der Waals surface area (Å²) >= 11 is 0. The van der Waals surface area contributed by atoms with Crippen molar-refractivity contribution in [2.75, 3.05) is 12.8 Å². The zero-order chi connectivity index (χ0) is 10.6. The van der Waals surface area contributed by atoms with E-state index in [-0.39, 0.29) is 6.73 Å². The van der Waals surface area contributed by atoms with E-state index in [1.807, 2.05) is 0 Å². The van der Waals surface area contributed by atoms with E-state index in [1.54, 1.807) is 24.4 Å². The Morgan fingerprint density at radius 2 is 2.21 bits per heavy atom. The SMILES string of the molecule is CO[P+](O)(O)OC[n+]1ccccc1N. The van der Waals surface area contributed by atoms with E-state index in [9.17, 15) is 0 Å². The van der Waals surface area contributed by atoms with Crippen LogP contribution >= 0.6 is 8.17 Å². The Bertz CT molecular complexity index is 307. The van der Waals surface area contributed by atoms with Gasteiger partial charge < -0.3 is 0 Å². The van der Waals surface area contributed by atoms with Crippen LogP contribution in [0.4, 0.5) is 5.82 Å². The van der Waals surface area contributed by atoms with Crippen molar-refractivity contribution in [1.29, 1.82) is 0 Å². The highest BCUT2D eigenvalue weighted by Crippen LogP contribution is 2.51. The quantitative estimate of drug-likeness (QED) is 0.484. The molecular formula is C7H13N2O4P+2. The van der Waals surface area contributed by atoms with Crippen LogP contribution in [0.25, 0.3) is 0 Å². The Hall–Kier alpha value is -0.780. The average molecular weight is 220 g/mol. The zero-order valence-corrected chi connectivity index (χ0v) is 8.59. The maximum Gasteiger partial charge on any atom is 0.573 e.